The lowest BCUT2D eigenvalue weighted by Crippen LogP contribution is -2.22. The predicted molar refractivity (Wildman–Crippen MR) is 83.8 cm³/mol. The summed E-state index contributed by atoms with van der Waals surface area (Å²) in [6.07, 6.45) is 0. The Morgan fingerprint density at radius 1 is 1.10 bits per heavy atom. The first-order chi connectivity index (χ1) is 9.58. The van der Waals surface area contributed by atoms with Crippen molar-refractivity contribution < 1.29 is 0 Å². The number of halogens is 1. The van der Waals surface area contributed by atoms with E-state index in [0.29, 0.717) is 22.0 Å². The largest absolute Gasteiger partial charge is 0.398 e. The quantitative estimate of drug-likeness (QED) is 0.349. The molecule has 0 fully saturated rings. The van der Waals surface area contributed by atoms with Crippen LogP contribution in [0, 0.1) is 0 Å². The lowest BCUT2D eigenvalue weighted by Gasteiger charge is -2.09. The highest BCUT2D eigenvalue weighted by Gasteiger charge is 2.11. The van der Waals surface area contributed by atoms with E-state index in [1.54, 1.807) is 18.2 Å². The van der Waals surface area contributed by atoms with Crippen LogP contribution in [0.5, 0.6) is 0 Å². The van der Waals surface area contributed by atoms with Crippen molar-refractivity contribution in [1.82, 2.24) is 0 Å². The molecule has 0 atom stereocenters. The van der Waals surface area contributed by atoms with Crippen LogP contribution in [-0.4, -0.2) is 11.7 Å². The van der Waals surface area contributed by atoms with Crippen molar-refractivity contribution in [3.63, 3.8) is 0 Å². The topological polar surface area (TPSA) is 103 Å². The van der Waals surface area contributed by atoms with Gasteiger partial charge in [-0.25, -0.2) is 0 Å². The molecule has 0 aliphatic heterocycles. The Kier molecular flexibility index (Phi) is 4.22. The normalized spacial score (nSPS) is 11.2. The van der Waals surface area contributed by atoms with Crippen molar-refractivity contribution in [2.45, 2.75) is 0 Å². The summed E-state index contributed by atoms with van der Waals surface area (Å²) >= 11 is 6.02. The molecule has 5 nitrogen and oxygen atoms in total. The van der Waals surface area contributed by atoms with Crippen LogP contribution in [0.15, 0.2) is 58.7 Å². The minimum absolute atomic E-state index is 0.126. The third-order valence-corrected chi connectivity index (χ3v) is 2.82. The molecule has 2 aromatic rings. The van der Waals surface area contributed by atoms with Crippen LogP contribution in [0.4, 0.5) is 5.69 Å². The zero-order valence-electron chi connectivity index (χ0n) is 10.6. The first kappa shape index (κ1) is 13.9. The van der Waals surface area contributed by atoms with Gasteiger partial charge in [0, 0.05) is 21.8 Å². The van der Waals surface area contributed by atoms with E-state index in [9.17, 15) is 0 Å². The Labute approximate surface area is 121 Å². The second-order valence-corrected chi connectivity index (χ2v) is 4.51. The van der Waals surface area contributed by atoms with Gasteiger partial charge < -0.3 is 17.2 Å². The van der Waals surface area contributed by atoms with Crippen molar-refractivity contribution in [3.05, 3.63) is 64.7 Å². The molecule has 0 bridgehead atoms. The molecule has 0 heterocycles. The van der Waals surface area contributed by atoms with Crippen LogP contribution in [0.25, 0.3) is 0 Å². The molecule has 6 heteroatoms. The second-order valence-electron chi connectivity index (χ2n) is 4.07. The minimum atomic E-state index is -0.126. The molecule has 0 aliphatic rings. The van der Waals surface area contributed by atoms with Gasteiger partial charge >= 0.3 is 0 Å². The van der Waals surface area contributed by atoms with Gasteiger partial charge in [-0.1, -0.05) is 41.9 Å². The second kappa shape index (κ2) is 6.08. The van der Waals surface area contributed by atoms with Gasteiger partial charge in [0.15, 0.2) is 0 Å². The number of hydrogen-bond acceptors (Lipinski definition) is 3. The maximum absolute atomic E-state index is 6.02. The third kappa shape index (κ3) is 3.27. The molecule has 2 rings (SSSR count). The molecule has 102 valence electrons. The summed E-state index contributed by atoms with van der Waals surface area (Å²) in [7, 11) is 0. The first-order valence-electron chi connectivity index (χ1n) is 5.85. The number of nitrogens with zero attached hydrogens (tertiary/aromatic N) is 2. The Bertz CT molecular complexity index is 661. The minimum Gasteiger partial charge on any atom is -0.398 e. The van der Waals surface area contributed by atoms with Gasteiger partial charge in [-0.2, -0.15) is 0 Å². The summed E-state index contributed by atoms with van der Waals surface area (Å²) in [5.74, 6) is -0.126. The number of nitrogen functional groups attached to an aromatic ring is 1. The molecule has 0 aromatic heterocycles. The molecular weight excluding hydrogens is 286 g/mol. The van der Waals surface area contributed by atoms with Crippen LogP contribution in [0.1, 0.15) is 11.1 Å². The molecule has 6 N–H and O–H groups in total. The summed E-state index contributed by atoms with van der Waals surface area (Å²) in [5, 5.41) is 8.35. The molecule has 0 saturated heterocycles. The maximum atomic E-state index is 6.02. The summed E-state index contributed by atoms with van der Waals surface area (Å²) in [5.41, 5.74) is 19.3. The maximum Gasteiger partial charge on any atom is 0.211 e. The lowest BCUT2D eigenvalue weighted by molar-refractivity contribution is 1.20. The predicted octanol–water partition coefficient (Wildman–Crippen LogP) is 1.95. The Morgan fingerprint density at radius 2 is 1.80 bits per heavy atom. The van der Waals surface area contributed by atoms with Crippen LogP contribution < -0.4 is 17.2 Å². The van der Waals surface area contributed by atoms with Gasteiger partial charge in [-0.3, -0.25) is 0 Å². The summed E-state index contributed by atoms with van der Waals surface area (Å²) in [4.78, 5) is 0. The highest BCUT2D eigenvalue weighted by Crippen LogP contribution is 2.22. The van der Waals surface area contributed by atoms with E-state index >= 15 is 0 Å². The third-order valence-electron chi connectivity index (χ3n) is 2.58. The van der Waals surface area contributed by atoms with Crippen molar-refractivity contribution in [2.24, 2.45) is 21.7 Å². The summed E-state index contributed by atoms with van der Waals surface area (Å²) in [6.45, 7) is 0. The van der Waals surface area contributed by atoms with E-state index in [1.165, 1.54) is 0 Å². The van der Waals surface area contributed by atoms with E-state index in [0.717, 1.165) is 5.56 Å². The lowest BCUT2D eigenvalue weighted by atomic mass is 10.2. The van der Waals surface area contributed by atoms with Crippen molar-refractivity contribution in [1.29, 1.82) is 0 Å². The standard InChI is InChI=1S/C14H14ClN5/c15-10-6-7-12(16)11(8-10)13(19-20-14(17)18)9-4-2-1-3-5-9/h1-8H,16H2,(H4,17,18,20)/b19-13-/i6+2,7+2,8+2,10+2,11+2,12+2. The molecule has 2 aromatic carbocycles. The number of guanidine groups is 1. The fourth-order valence-electron chi connectivity index (χ4n) is 1.70. The molecule has 0 unspecified atom stereocenters. The fourth-order valence-corrected chi connectivity index (χ4v) is 1.88. The fraction of sp³-hybridized carbons (Fsp3) is 0. The van der Waals surface area contributed by atoms with E-state index in [1.807, 2.05) is 30.3 Å². The van der Waals surface area contributed by atoms with E-state index in [4.69, 9.17) is 28.8 Å². The van der Waals surface area contributed by atoms with Crippen molar-refractivity contribution in [3.8, 4) is 0 Å². The van der Waals surface area contributed by atoms with E-state index in [-0.39, 0.29) is 5.96 Å². The van der Waals surface area contributed by atoms with E-state index in [2.05, 4.69) is 10.2 Å². The molecular formula is C14H14ClN5. The van der Waals surface area contributed by atoms with Gasteiger partial charge in [0.05, 0.1) is 0 Å². The molecule has 20 heavy (non-hydrogen) atoms. The number of hydrogen-bond donors (Lipinski definition) is 3. The highest BCUT2D eigenvalue weighted by molar-refractivity contribution is 6.31. The smallest absolute Gasteiger partial charge is 0.211 e. The molecule has 0 aliphatic carbocycles. The Hall–Kier alpha value is -2.53. The van der Waals surface area contributed by atoms with Gasteiger partial charge in [0.25, 0.3) is 0 Å². The summed E-state index contributed by atoms with van der Waals surface area (Å²) < 4.78 is 0. The van der Waals surface area contributed by atoms with Gasteiger partial charge in [0.1, 0.15) is 5.71 Å². The van der Waals surface area contributed by atoms with Crippen LogP contribution >= 0.6 is 11.6 Å². The molecule has 0 spiro atoms. The zero-order chi connectivity index (χ0) is 14.5. The first-order valence-corrected chi connectivity index (χ1v) is 6.23. The number of anilines is 1. The number of nitrogens with two attached hydrogens (primary N) is 3. The van der Waals surface area contributed by atoms with E-state index < -0.39 is 0 Å². The van der Waals surface area contributed by atoms with Crippen molar-refractivity contribution >= 4 is 29.0 Å². The van der Waals surface area contributed by atoms with Crippen LogP contribution in [-0.2, 0) is 0 Å². The average Bonchev–Trinajstić information content (AvgIpc) is 2.43. The van der Waals surface area contributed by atoms with Crippen molar-refractivity contribution in [2.75, 3.05) is 5.73 Å². The molecule has 0 saturated carbocycles. The van der Waals surface area contributed by atoms with Gasteiger partial charge in [-0.05, 0) is 18.2 Å². The molecule has 0 amide bonds. The van der Waals surface area contributed by atoms with Gasteiger partial charge in [-0.15, -0.1) is 10.2 Å². The summed E-state index contributed by atoms with van der Waals surface area (Å²) in [6, 6.07) is 14.6. The van der Waals surface area contributed by atoms with Crippen LogP contribution in [0.2, 0.25) is 5.02 Å². The SMILES string of the molecule is NC(N)=N/N=C(/c1ccccc1)[14c]1[14cH][14c](Cl)[14cH][14cH][14c]1N. The number of benzene rings is 2. The Balaban J connectivity index is 2.61. The average molecular weight is 300 g/mol. The highest BCUT2D eigenvalue weighted by atomic mass is 35.5. The Morgan fingerprint density at radius 3 is 2.45 bits per heavy atom. The number of rotatable bonds is 3. The van der Waals surface area contributed by atoms with Gasteiger partial charge in [0.2, 0.25) is 5.96 Å². The molecule has 0 radical (unpaired) electrons. The van der Waals surface area contributed by atoms with Crippen LogP contribution in [0.3, 0.4) is 0 Å². The zero-order valence-corrected chi connectivity index (χ0v) is 11.4. The monoisotopic (exact) mass is 299 g/mol.